The number of unbranched alkanes of at least 4 members (excludes halogenated alkanes) is 11. The molecule has 0 spiro atoms. The Kier molecular flexibility index (Phi) is 17.6. The van der Waals surface area contributed by atoms with Crippen molar-refractivity contribution in [3.63, 3.8) is 0 Å². The average molecular weight is 383 g/mol. The normalized spacial score (nSPS) is 11.3. The molecular formula is C23H44NO3. The predicted octanol–water partition coefficient (Wildman–Crippen LogP) is 6.64. The first-order chi connectivity index (χ1) is 13.0. The Morgan fingerprint density at radius 2 is 1.22 bits per heavy atom. The maximum absolute atomic E-state index is 11.8. The monoisotopic (exact) mass is 382 g/mol. The van der Waals surface area contributed by atoms with Crippen LogP contribution in [0.1, 0.15) is 124 Å². The summed E-state index contributed by atoms with van der Waals surface area (Å²) < 4.78 is 0. The first kappa shape index (κ1) is 25.9. The fraction of sp³-hybridized carbons (Fsp3) is 0.870. The SMILES string of the molecule is CC[C](CC(=O)O)NC(=O)CCCCCCCCCCCCCCC(C)C. The number of carboxylic acids is 1. The van der Waals surface area contributed by atoms with Crippen LogP contribution in [0.25, 0.3) is 0 Å². The van der Waals surface area contributed by atoms with Crippen molar-refractivity contribution in [1.82, 2.24) is 5.32 Å². The smallest absolute Gasteiger partial charge is 0.305 e. The summed E-state index contributed by atoms with van der Waals surface area (Å²) in [4.78, 5) is 22.5. The molecule has 0 bridgehead atoms. The van der Waals surface area contributed by atoms with Crippen LogP contribution in [0.15, 0.2) is 0 Å². The lowest BCUT2D eigenvalue weighted by Crippen LogP contribution is -2.29. The zero-order chi connectivity index (χ0) is 20.3. The van der Waals surface area contributed by atoms with Crippen LogP contribution in [0.2, 0.25) is 0 Å². The highest BCUT2D eigenvalue weighted by atomic mass is 16.4. The fourth-order valence-corrected chi connectivity index (χ4v) is 3.31. The van der Waals surface area contributed by atoms with Gasteiger partial charge in [0.25, 0.3) is 0 Å². The molecule has 0 rings (SSSR count). The van der Waals surface area contributed by atoms with Crippen LogP contribution in [0.4, 0.5) is 0 Å². The quantitative estimate of drug-likeness (QED) is 0.246. The van der Waals surface area contributed by atoms with Crippen LogP contribution in [0, 0.1) is 12.0 Å². The zero-order valence-electron chi connectivity index (χ0n) is 18.2. The standard InChI is InChI=1S/C23H44NO3/c1-4-21(19-23(26)27)24-22(25)18-16-14-12-10-8-6-5-7-9-11-13-15-17-20(2)3/h20H,4-19H2,1-3H3,(H,24,25)(H,26,27). The molecule has 27 heavy (non-hydrogen) atoms. The molecule has 0 aromatic carbocycles. The van der Waals surface area contributed by atoms with Gasteiger partial charge in [0.1, 0.15) is 0 Å². The number of carbonyl (C=O) groups excluding carboxylic acids is 1. The Balaban J connectivity index is 3.33. The lowest BCUT2D eigenvalue weighted by atomic mass is 10.0. The number of amides is 1. The molecule has 0 saturated heterocycles. The number of rotatable bonds is 19. The molecule has 0 aromatic rings. The average Bonchev–Trinajstić information content (AvgIpc) is 2.60. The molecule has 159 valence electrons. The largest absolute Gasteiger partial charge is 0.481 e. The molecule has 0 aliphatic carbocycles. The summed E-state index contributed by atoms with van der Waals surface area (Å²) in [5, 5.41) is 11.5. The second kappa shape index (κ2) is 18.3. The zero-order valence-corrected chi connectivity index (χ0v) is 18.2. The van der Waals surface area contributed by atoms with E-state index in [9.17, 15) is 9.59 Å². The first-order valence-corrected chi connectivity index (χ1v) is 11.3. The molecule has 2 N–H and O–H groups in total. The molecule has 1 amide bonds. The number of carboxylic acid groups (broad SMARTS) is 1. The molecule has 0 unspecified atom stereocenters. The van der Waals surface area contributed by atoms with Crippen molar-refractivity contribution in [2.45, 2.75) is 124 Å². The number of hydrogen-bond donors (Lipinski definition) is 2. The van der Waals surface area contributed by atoms with Crippen molar-refractivity contribution in [3.8, 4) is 0 Å². The Hall–Kier alpha value is -1.06. The summed E-state index contributed by atoms with van der Waals surface area (Å²) in [6.07, 6.45) is 17.8. The maximum Gasteiger partial charge on any atom is 0.305 e. The lowest BCUT2D eigenvalue weighted by Gasteiger charge is -2.13. The highest BCUT2D eigenvalue weighted by Gasteiger charge is 2.14. The van der Waals surface area contributed by atoms with E-state index in [1.807, 2.05) is 6.92 Å². The molecule has 1 radical (unpaired) electrons. The van der Waals surface area contributed by atoms with Gasteiger partial charge in [-0.05, 0) is 18.8 Å². The third-order valence-corrected chi connectivity index (χ3v) is 5.04. The second-order valence-electron chi connectivity index (χ2n) is 8.25. The van der Waals surface area contributed by atoms with Crippen LogP contribution in [-0.2, 0) is 9.59 Å². The van der Waals surface area contributed by atoms with E-state index in [2.05, 4.69) is 19.2 Å². The summed E-state index contributed by atoms with van der Waals surface area (Å²) in [6.45, 7) is 6.47. The van der Waals surface area contributed by atoms with Gasteiger partial charge in [-0.3, -0.25) is 9.59 Å². The number of hydrogen-bond acceptors (Lipinski definition) is 2. The topological polar surface area (TPSA) is 66.4 Å². The predicted molar refractivity (Wildman–Crippen MR) is 113 cm³/mol. The van der Waals surface area contributed by atoms with E-state index in [4.69, 9.17) is 5.11 Å². The van der Waals surface area contributed by atoms with Crippen LogP contribution in [0.3, 0.4) is 0 Å². The van der Waals surface area contributed by atoms with Crippen LogP contribution in [-0.4, -0.2) is 17.0 Å². The Morgan fingerprint density at radius 1 is 0.778 bits per heavy atom. The summed E-state index contributed by atoms with van der Waals surface area (Å²) >= 11 is 0. The van der Waals surface area contributed by atoms with E-state index < -0.39 is 5.97 Å². The minimum absolute atomic E-state index is 0.0403. The Bertz CT molecular complexity index is 369. The van der Waals surface area contributed by atoms with Gasteiger partial charge in [-0.2, -0.15) is 0 Å². The first-order valence-electron chi connectivity index (χ1n) is 11.3. The van der Waals surface area contributed by atoms with Gasteiger partial charge in [0.2, 0.25) is 5.91 Å². The highest BCUT2D eigenvalue weighted by Crippen LogP contribution is 2.14. The number of nitrogens with one attached hydrogen (secondary N) is 1. The van der Waals surface area contributed by atoms with Crippen molar-refractivity contribution in [3.05, 3.63) is 6.04 Å². The molecule has 0 aliphatic heterocycles. The van der Waals surface area contributed by atoms with Gasteiger partial charge in [-0.1, -0.05) is 97.8 Å². The third-order valence-electron chi connectivity index (χ3n) is 5.04. The number of aliphatic carboxylic acids is 1. The highest BCUT2D eigenvalue weighted by molar-refractivity contribution is 5.78. The minimum atomic E-state index is -0.890. The van der Waals surface area contributed by atoms with Crippen LogP contribution < -0.4 is 5.32 Å². The lowest BCUT2D eigenvalue weighted by molar-refractivity contribution is -0.136. The van der Waals surface area contributed by atoms with Crippen LogP contribution >= 0.6 is 0 Å². The van der Waals surface area contributed by atoms with E-state index >= 15 is 0 Å². The summed E-state index contributed by atoms with van der Waals surface area (Å²) in [5.74, 6) is -0.0803. The third kappa shape index (κ3) is 19.5. The molecular weight excluding hydrogens is 338 g/mol. The van der Waals surface area contributed by atoms with E-state index in [0.717, 1.165) is 18.8 Å². The summed E-state index contributed by atoms with van der Waals surface area (Å²) in [5.41, 5.74) is 0. The summed E-state index contributed by atoms with van der Waals surface area (Å²) in [7, 11) is 0. The van der Waals surface area contributed by atoms with Gasteiger partial charge < -0.3 is 10.4 Å². The number of carbonyl (C=O) groups is 2. The van der Waals surface area contributed by atoms with E-state index in [0.29, 0.717) is 18.9 Å². The van der Waals surface area contributed by atoms with Crippen molar-refractivity contribution in [2.24, 2.45) is 5.92 Å². The molecule has 0 aliphatic rings. The molecule has 0 saturated carbocycles. The van der Waals surface area contributed by atoms with Crippen molar-refractivity contribution in [1.29, 1.82) is 0 Å². The van der Waals surface area contributed by atoms with Crippen LogP contribution in [0.5, 0.6) is 0 Å². The minimum Gasteiger partial charge on any atom is -0.481 e. The van der Waals surface area contributed by atoms with Crippen molar-refractivity contribution >= 4 is 11.9 Å². The molecule has 0 aromatic heterocycles. The molecule has 0 atom stereocenters. The van der Waals surface area contributed by atoms with Gasteiger partial charge in [-0.15, -0.1) is 0 Å². The molecule has 4 nitrogen and oxygen atoms in total. The van der Waals surface area contributed by atoms with Crippen molar-refractivity contribution in [2.75, 3.05) is 0 Å². The van der Waals surface area contributed by atoms with Gasteiger partial charge in [0.15, 0.2) is 0 Å². The fourth-order valence-electron chi connectivity index (χ4n) is 3.31. The second-order valence-corrected chi connectivity index (χ2v) is 8.25. The Labute approximate surface area is 167 Å². The van der Waals surface area contributed by atoms with E-state index in [-0.39, 0.29) is 12.3 Å². The van der Waals surface area contributed by atoms with Crippen molar-refractivity contribution < 1.29 is 14.7 Å². The van der Waals surface area contributed by atoms with Gasteiger partial charge in [0.05, 0.1) is 12.5 Å². The van der Waals surface area contributed by atoms with Gasteiger partial charge in [-0.25, -0.2) is 0 Å². The molecule has 0 fully saturated rings. The maximum atomic E-state index is 11.8. The molecule has 4 heteroatoms. The summed E-state index contributed by atoms with van der Waals surface area (Å²) in [6, 6.07) is 0.604. The van der Waals surface area contributed by atoms with E-state index in [1.54, 1.807) is 0 Å². The van der Waals surface area contributed by atoms with Gasteiger partial charge in [0, 0.05) is 6.42 Å². The van der Waals surface area contributed by atoms with Gasteiger partial charge >= 0.3 is 5.97 Å². The molecule has 0 heterocycles. The van der Waals surface area contributed by atoms with E-state index in [1.165, 1.54) is 70.6 Å². The Morgan fingerprint density at radius 3 is 1.63 bits per heavy atom.